The van der Waals surface area contributed by atoms with Crippen molar-refractivity contribution in [3.05, 3.63) is 0 Å². The Labute approximate surface area is 166 Å². The summed E-state index contributed by atoms with van der Waals surface area (Å²) >= 11 is 0. The fourth-order valence-electron chi connectivity index (χ4n) is 3.67. The average Bonchev–Trinajstić information content (AvgIpc) is 2.47. The van der Waals surface area contributed by atoms with Crippen LogP contribution in [0.25, 0.3) is 0 Å². The fourth-order valence-corrected chi connectivity index (χ4v) is 3.67. The van der Waals surface area contributed by atoms with E-state index in [9.17, 15) is 19.2 Å². The van der Waals surface area contributed by atoms with Crippen LogP contribution in [0.2, 0.25) is 0 Å². The third-order valence-electron chi connectivity index (χ3n) is 4.80. The SMILES string of the molecule is C[C@@H]1C[C@@H]2[C@@H](C[C@@H](C)C(=O)N2C(=O)OC(C)(C)C)N(C(=O)OC(C)(C)C)C1=O. The van der Waals surface area contributed by atoms with Crippen molar-refractivity contribution in [1.29, 1.82) is 0 Å². The number of hydrogen-bond acceptors (Lipinski definition) is 6. The molecule has 0 unspecified atom stereocenters. The van der Waals surface area contributed by atoms with Crippen molar-refractivity contribution in [2.24, 2.45) is 11.8 Å². The molecular weight excluding hydrogens is 364 g/mol. The Morgan fingerprint density at radius 3 is 1.29 bits per heavy atom. The minimum atomic E-state index is -0.769. The monoisotopic (exact) mass is 396 g/mol. The van der Waals surface area contributed by atoms with Crippen LogP contribution in [0.5, 0.6) is 0 Å². The van der Waals surface area contributed by atoms with Crippen LogP contribution in [0, 0.1) is 11.8 Å². The van der Waals surface area contributed by atoms with Crippen molar-refractivity contribution in [1.82, 2.24) is 9.80 Å². The molecule has 0 aromatic carbocycles. The highest BCUT2D eigenvalue weighted by molar-refractivity contribution is 5.98. The van der Waals surface area contributed by atoms with Gasteiger partial charge in [-0.25, -0.2) is 19.4 Å². The predicted molar refractivity (Wildman–Crippen MR) is 101 cm³/mol. The van der Waals surface area contributed by atoms with Crippen LogP contribution in [0.3, 0.4) is 0 Å². The molecule has 0 aliphatic carbocycles. The van der Waals surface area contributed by atoms with Gasteiger partial charge in [0.15, 0.2) is 0 Å². The summed E-state index contributed by atoms with van der Waals surface area (Å²) in [6.45, 7) is 13.7. The molecule has 0 N–H and O–H groups in total. The highest BCUT2D eigenvalue weighted by Crippen LogP contribution is 2.37. The minimum absolute atomic E-state index is 0.292. The third kappa shape index (κ3) is 4.64. The number of nitrogens with zero attached hydrogens (tertiary/aromatic N) is 2. The molecular formula is C20H32N2O6. The summed E-state index contributed by atoms with van der Waals surface area (Å²) in [5, 5.41) is 0. The Morgan fingerprint density at radius 2 is 1.04 bits per heavy atom. The quantitative estimate of drug-likeness (QED) is 0.623. The van der Waals surface area contributed by atoms with Crippen molar-refractivity contribution < 1.29 is 28.7 Å². The molecule has 0 radical (unpaired) electrons. The lowest BCUT2D eigenvalue weighted by atomic mass is 9.80. The molecule has 4 amide bonds. The number of carbonyl (C=O) groups is 4. The average molecular weight is 396 g/mol. The van der Waals surface area contributed by atoms with Crippen LogP contribution in [-0.2, 0) is 19.1 Å². The topological polar surface area (TPSA) is 93.2 Å². The maximum absolute atomic E-state index is 12.8. The van der Waals surface area contributed by atoms with E-state index >= 15 is 0 Å². The van der Waals surface area contributed by atoms with Gasteiger partial charge in [0.2, 0.25) is 11.8 Å². The van der Waals surface area contributed by atoms with Crippen LogP contribution in [0.15, 0.2) is 0 Å². The Hall–Kier alpha value is -2.12. The number of fused-ring (bicyclic) bond motifs is 1. The van der Waals surface area contributed by atoms with Gasteiger partial charge < -0.3 is 9.47 Å². The molecule has 158 valence electrons. The number of rotatable bonds is 0. The van der Waals surface area contributed by atoms with Gasteiger partial charge in [-0.2, -0.15) is 0 Å². The molecule has 0 bridgehead atoms. The lowest BCUT2D eigenvalue weighted by Crippen LogP contribution is -2.68. The molecule has 2 heterocycles. The summed E-state index contributed by atoms with van der Waals surface area (Å²) in [5.41, 5.74) is -1.54. The van der Waals surface area contributed by atoms with Crippen LogP contribution < -0.4 is 0 Å². The van der Waals surface area contributed by atoms with Gasteiger partial charge in [-0.15, -0.1) is 0 Å². The van der Waals surface area contributed by atoms with Gasteiger partial charge in [-0.1, -0.05) is 13.8 Å². The lowest BCUT2D eigenvalue weighted by molar-refractivity contribution is -0.157. The molecule has 8 heteroatoms. The van der Waals surface area contributed by atoms with E-state index in [-0.39, 0.29) is 11.8 Å². The van der Waals surface area contributed by atoms with Crippen molar-refractivity contribution in [2.45, 2.75) is 91.5 Å². The summed E-state index contributed by atoms with van der Waals surface area (Å²) in [6, 6.07) is -1.25. The van der Waals surface area contributed by atoms with E-state index < -0.39 is 47.3 Å². The summed E-state index contributed by atoms with van der Waals surface area (Å²) in [7, 11) is 0. The number of imide groups is 2. The molecule has 8 nitrogen and oxygen atoms in total. The first kappa shape index (κ1) is 22.2. The molecule has 0 aromatic heterocycles. The van der Waals surface area contributed by atoms with E-state index in [1.54, 1.807) is 55.4 Å². The second-order valence-corrected chi connectivity index (χ2v) is 9.79. The molecule has 4 atom stereocenters. The number of piperidine rings is 2. The van der Waals surface area contributed by atoms with Crippen molar-refractivity contribution in [3.63, 3.8) is 0 Å². The Bertz CT molecular complexity index is 617. The first-order valence-electron chi connectivity index (χ1n) is 9.74. The van der Waals surface area contributed by atoms with Crippen LogP contribution in [0.1, 0.15) is 68.2 Å². The highest BCUT2D eigenvalue weighted by Gasteiger charge is 2.54. The van der Waals surface area contributed by atoms with Crippen LogP contribution >= 0.6 is 0 Å². The second kappa shape index (κ2) is 7.37. The number of carbonyl (C=O) groups excluding carboxylic acids is 4. The summed E-state index contributed by atoms with van der Waals surface area (Å²) < 4.78 is 10.9. The number of likely N-dealkylation sites (tertiary alicyclic amines) is 2. The van der Waals surface area contributed by atoms with Gasteiger partial charge in [0.25, 0.3) is 0 Å². The zero-order chi connectivity index (χ0) is 21.6. The third-order valence-corrected chi connectivity index (χ3v) is 4.80. The largest absolute Gasteiger partial charge is 0.443 e. The lowest BCUT2D eigenvalue weighted by Gasteiger charge is -2.49. The fraction of sp³-hybridized carbons (Fsp3) is 0.800. The van der Waals surface area contributed by atoms with Crippen molar-refractivity contribution >= 4 is 24.0 Å². The second-order valence-electron chi connectivity index (χ2n) is 9.79. The summed E-state index contributed by atoms with van der Waals surface area (Å²) in [6.07, 6.45) is -0.907. The van der Waals surface area contributed by atoms with E-state index in [0.29, 0.717) is 12.8 Å². The highest BCUT2D eigenvalue weighted by atomic mass is 16.6. The van der Waals surface area contributed by atoms with Gasteiger partial charge >= 0.3 is 12.2 Å². The summed E-state index contributed by atoms with van der Waals surface area (Å²) in [5.74, 6) is -1.75. The summed E-state index contributed by atoms with van der Waals surface area (Å²) in [4.78, 5) is 53.4. The van der Waals surface area contributed by atoms with Gasteiger partial charge in [0, 0.05) is 11.8 Å². The van der Waals surface area contributed by atoms with Crippen molar-refractivity contribution in [2.75, 3.05) is 0 Å². The maximum Gasteiger partial charge on any atom is 0.417 e. The van der Waals surface area contributed by atoms with Crippen LogP contribution in [-0.4, -0.2) is 57.1 Å². The van der Waals surface area contributed by atoms with E-state index in [1.807, 2.05) is 0 Å². The molecule has 2 rings (SSSR count). The predicted octanol–water partition coefficient (Wildman–Crippen LogP) is 3.33. The van der Waals surface area contributed by atoms with Gasteiger partial charge in [-0.3, -0.25) is 9.59 Å². The Morgan fingerprint density at radius 1 is 0.750 bits per heavy atom. The van der Waals surface area contributed by atoms with Crippen molar-refractivity contribution in [3.8, 4) is 0 Å². The first-order valence-corrected chi connectivity index (χ1v) is 9.74. The van der Waals surface area contributed by atoms with Gasteiger partial charge in [0.1, 0.15) is 11.2 Å². The molecule has 0 saturated carbocycles. The van der Waals surface area contributed by atoms with E-state index in [4.69, 9.17) is 9.47 Å². The first-order chi connectivity index (χ1) is 12.6. The van der Waals surface area contributed by atoms with Gasteiger partial charge in [-0.05, 0) is 54.4 Å². The van der Waals surface area contributed by atoms with Gasteiger partial charge in [0.05, 0.1) is 12.1 Å². The zero-order valence-corrected chi connectivity index (χ0v) is 18.1. The number of amides is 4. The Kier molecular flexibility index (Phi) is 5.83. The van der Waals surface area contributed by atoms with E-state index in [1.165, 1.54) is 0 Å². The van der Waals surface area contributed by atoms with E-state index in [2.05, 4.69) is 0 Å². The van der Waals surface area contributed by atoms with E-state index in [0.717, 1.165) is 9.80 Å². The normalized spacial score (nSPS) is 28.7. The molecule has 2 aliphatic rings. The molecule has 28 heavy (non-hydrogen) atoms. The molecule has 0 aromatic rings. The number of hydrogen-bond donors (Lipinski definition) is 0. The number of ether oxygens (including phenoxy) is 2. The standard InChI is InChI=1S/C20H32N2O6/c1-11-9-13-14(21(15(11)23)17(25)27-19(3,4)5)10-12(2)16(24)22(13)18(26)28-20(6,7)8/h11-14H,9-10H2,1-8H3/t11-,12-,13-,14-/m1/s1. The Balaban J connectivity index is 2.40. The smallest absolute Gasteiger partial charge is 0.417 e. The molecule has 2 saturated heterocycles. The molecule has 0 spiro atoms. The van der Waals surface area contributed by atoms with Crippen LogP contribution in [0.4, 0.5) is 9.59 Å². The minimum Gasteiger partial charge on any atom is -0.443 e. The molecule has 2 fully saturated rings. The molecule has 2 aliphatic heterocycles. The maximum atomic E-state index is 12.8. The zero-order valence-electron chi connectivity index (χ0n) is 18.1.